The van der Waals surface area contributed by atoms with Crippen LogP contribution in [0, 0.1) is 6.92 Å². The number of nitrogens with zero attached hydrogens (tertiary/aromatic N) is 3. The Morgan fingerprint density at radius 1 is 1.53 bits per heavy atom. The summed E-state index contributed by atoms with van der Waals surface area (Å²) in [4.78, 5) is 10.6. The highest BCUT2D eigenvalue weighted by atomic mass is 79.9. The standard InChI is InChI=1S/C10H13BrN4/c1-3-15-5-7(11)4-8-6(2)13-10(12)14-9(8)15/h4H,3,5H2,1-2H3,(H2,12,13,14). The first kappa shape index (κ1) is 10.4. The maximum atomic E-state index is 5.65. The summed E-state index contributed by atoms with van der Waals surface area (Å²) >= 11 is 3.52. The van der Waals surface area contributed by atoms with Crippen molar-refractivity contribution in [2.45, 2.75) is 13.8 Å². The number of halogens is 1. The maximum absolute atomic E-state index is 5.65. The van der Waals surface area contributed by atoms with Crippen molar-refractivity contribution in [2.75, 3.05) is 23.7 Å². The minimum atomic E-state index is 0.344. The predicted molar refractivity (Wildman–Crippen MR) is 66.0 cm³/mol. The van der Waals surface area contributed by atoms with E-state index in [1.54, 1.807) is 0 Å². The van der Waals surface area contributed by atoms with Crippen LogP contribution in [0.25, 0.3) is 6.08 Å². The van der Waals surface area contributed by atoms with Crippen LogP contribution in [0.4, 0.5) is 11.8 Å². The topological polar surface area (TPSA) is 55.0 Å². The zero-order valence-corrected chi connectivity index (χ0v) is 10.4. The Morgan fingerprint density at radius 2 is 2.27 bits per heavy atom. The lowest BCUT2D eigenvalue weighted by Gasteiger charge is -2.27. The van der Waals surface area contributed by atoms with Crippen molar-refractivity contribution in [3.63, 3.8) is 0 Å². The first-order chi connectivity index (χ1) is 7.11. The number of aryl methyl sites for hydroxylation is 1. The van der Waals surface area contributed by atoms with Crippen LogP contribution in [0.1, 0.15) is 18.2 Å². The lowest BCUT2D eigenvalue weighted by Crippen LogP contribution is -2.29. The third kappa shape index (κ3) is 1.84. The van der Waals surface area contributed by atoms with Gasteiger partial charge in [-0.15, -0.1) is 0 Å². The monoisotopic (exact) mass is 268 g/mol. The van der Waals surface area contributed by atoms with E-state index in [-0.39, 0.29) is 0 Å². The van der Waals surface area contributed by atoms with Crippen LogP contribution in [0.15, 0.2) is 4.48 Å². The Kier molecular flexibility index (Phi) is 2.65. The number of fused-ring (bicyclic) bond motifs is 1. The van der Waals surface area contributed by atoms with Crippen LogP contribution in [-0.4, -0.2) is 23.1 Å². The van der Waals surface area contributed by atoms with E-state index in [0.717, 1.165) is 34.6 Å². The molecule has 2 rings (SSSR count). The van der Waals surface area contributed by atoms with E-state index in [9.17, 15) is 0 Å². The maximum Gasteiger partial charge on any atom is 0.222 e. The number of nitrogen functional groups attached to an aromatic ring is 1. The molecule has 1 aromatic rings. The molecular formula is C10H13BrN4. The molecule has 15 heavy (non-hydrogen) atoms. The van der Waals surface area contributed by atoms with E-state index in [4.69, 9.17) is 5.73 Å². The lowest BCUT2D eigenvalue weighted by atomic mass is 10.1. The largest absolute Gasteiger partial charge is 0.368 e. The number of nitrogens with two attached hydrogens (primary N) is 1. The van der Waals surface area contributed by atoms with Gasteiger partial charge in [0.25, 0.3) is 0 Å². The van der Waals surface area contributed by atoms with Gasteiger partial charge in [-0.25, -0.2) is 4.98 Å². The SMILES string of the molecule is CCN1CC(Br)=Cc2c(C)nc(N)nc21. The van der Waals surface area contributed by atoms with E-state index < -0.39 is 0 Å². The number of hydrogen-bond acceptors (Lipinski definition) is 4. The average molecular weight is 269 g/mol. The van der Waals surface area contributed by atoms with E-state index in [0.29, 0.717) is 5.95 Å². The van der Waals surface area contributed by atoms with Crippen molar-refractivity contribution in [1.82, 2.24) is 9.97 Å². The normalized spacial score (nSPS) is 14.9. The van der Waals surface area contributed by atoms with Crippen molar-refractivity contribution in [3.8, 4) is 0 Å². The summed E-state index contributed by atoms with van der Waals surface area (Å²) in [5, 5.41) is 0. The minimum Gasteiger partial charge on any atom is -0.368 e. The summed E-state index contributed by atoms with van der Waals surface area (Å²) in [6, 6.07) is 0. The summed E-state index contributed by atoms with van der Waals surface area (Å²) in [6.07, 6.45) is 2.07. The molecule has 0 bridgehead atoms. The van der Waals surface area contributed by atoms with Crippen LogP contribution >= 0.6 is 15.9 Å². The summed E-state index contributed by atoms with van der Waals surface area (Å²) in [5.74, 6) is 1.28. The van der Waals surface area contributed by atoms with Crippen LogP contribution in [-0.2, 0) is 0 Å². The van der Waals surface area contributed by atoms with Gasteiger partial charge in [-0.05, 0) is 19.9 Å². The molecule has 0 radical (unpaired) electrons. The van der Waals surface area contributed by atoms with Crippen LogP contribution in [0.3, 0.4) is 0 Å². The van der Waals surface area contributed by atoms with Crippen molar-refractivity contribution >= 4 is 33.8 Å². The van der Waals surface area contributed by atoms with Gasteiger partial charge >= 0.3 is 0 Å². The lowest BCUT2D eigenvalue weighted by molar-refractivity contribution is 0.861. The summed E-state index contributed by atoms with van der Waals surface area (Å²) in [7, 11) is 0. The molecule has 80 valence electrons. The molecule has 0 aliphatic carbocycles. The van der Waals surface area contributed by atoms with Gasteiger partial charge in [-0.3, -0.25) is 0 Å². The first-order valence-corrected chi connectivity index (χ1v) is 5.66. The Bertz CT molecular complexity index is 428. The molecule has 2 N–H and O–H groups in total. The number of anilines is 2. The molecule has 0 saturated carbocycles. The third-order valence-corrected chi connectivity index (χ3v) is 2.94. The Morgan fingerprint density at radius 3 is 2.93 bits per heavy atom. The second-order valence-electron chi connectivity index (χ2n) is 3.51. The summed E-state index contributed by atoms with van der Waals surface area (Å²) < 4.78 is 1.15. The van der Waals surface area contributed by atoms with Gasteiger partial charge in [-0.2, -0.15) is 4.98 Å². The minimum absolute atomic E-state index is 0.344. The van der Waals surface area contributed by atoms with Gasteiger partial charge < -0.3 is 10.6 Å². The molecule has 5 heteroatoms. The highest BCUT2D eigenvalue weighted by Gasteiger charge is 2.19. The van der Waals surface area contributed by atoms with Crippen LogP contribution in [0.5, 0.6) is 0 Å². The van der Waals surface area contributed by atoms with Gasteiger partial charge in [0.15, 0.2) is 0 Å². The fourth-order valence-corrected chi connectivity index (χ4v) is 2.25. The molecule has 1 aliphatic heterocycles. The van der Waals surface area contributed by atoms with Crippen LogP contribution < -0.4 is 10.6 Å². The molecule has 1 aliphatic rings. The molecule has 0 saturated heterocycles. The van der Waals surface area contributed by atoms with Crippen molar-refractivity contribution in [2.24, 2.45) is 0 Å². The van der Waals surface area contributed by atoms with E-state index >= 15 is 0 Å². The second-order valence-corrected chi connectivity index (χ2v) is 4.53. The van der Waals surface area contributed by atoms with E-state index in [1.165, 1.54) is 0 Å². The number of likely N-dealkylation sites (N-methyl/N-ethyl adjacent to an activating group) is 1. The Balaban J connectivity index is 2.61. The van der Waals surface area contributed by atoms with Gasteiger partial charge in [-0.1, -0.05) is 15.9 Å². The summed E-state index contributed by atoms with van der Waals surface area (Å²) in [5.41, 5.74) is 7.64. The highest BCUT2D eigenvalue weighted by molar-refractivity contribution is 9.11. The van der Waals surface area contributed by atoms with Gasteiger partial charge in [0.2, 0.25) is 5.95 Å². The van der Waals surface area contributed by atoms with Gasteiger partial charge in [0.1, 0.15) is 5.82 Å². The predicted octanol–water partition coefficient (Wildman–Crippen LogP) is 1.94. The number of rotatable bonds is 1. The molecule has 0 spiro atoms. The molecular weight excluding hydrogens is 256 g/mol. The molecule has 0 unspecified atom stereocenters. The Hall–Kier alpha value is -1.10. The molecule has 0 fully saturated rings. The first-order valence-electron chi connectivity index (χ1n) is 4.87. The number of hydrogen-bond donors (Lipinski definition) is 1. The Labute approximate surface area is 97.3 Å². The molecule has 0 atom stereocenters. The smallest absolute Gasteiger partial charge is 0.222 e. The highest BCUT2D eigenvalue weighted by Crippen LogP contribution is 2.30. The molecule has 0 aromatic carbocycles. The number of aromatic nitrogens is 2. The molecule has 2 heterocycles. The zero-order chi connectivity index (χ0) is 11.0. The molecule has 0 amide bonds. The fourth-order valence-electron chi connectivity index (χ4n) is 1.72. The van der Waals surface area contributed by atoms with E-state index in [2.05, 4.69) is 43.8 Å². The fraction of sp³-hybridized carbons (Fsp3) is 0.400. The van der Waals surface area contributed by atoms with Crippen molar-refractivity contribution in [3.05, 3.63) is 15.7 Å². The van der Waals surface area contributed by atoms with Gasteiger partial charge in [0.05, 0.1) is 12.2 Å². The zero-order valence-electron chi connectivity index (χ0n) is 8.79. The second kappa shape index (κ2) is 3.81. The third-order valence-electron chi connectivity index (χ3n) is 2.46. The molecule has 1 aromatic heterocycles. The van der Waals surface area contributed by atoms with Crippen molar-refractivity contribution in [1.29, 1.82) is 0 Å². The van der Waals surface area contributed by atoms with Crippen LogP contribution in [0.2, 0.25) is 0 Å². The van der Waals surface area contributed by atoms with E-state index in [1.807, 2.05) is 6.92 Å². The van der Waals surface area contributed by atoms with Crippen molar-refractivity contribution < 1.29 is 0 Å². The molecule has 4 nitrogen and oxygen atoms in total. The van der Waals surface area contributed by atoms with Gasteiger partial charge in [0, 0.05) is 16.6 Å². The average Bonchev–Trinajstić information content (AvgIpc) is 2.18. The quantitative estimate of drug-likeness (QED) is 0.846. The summed E-state index contributed by atoms with van der Waals surface area (Å²) in [6.45, 7) is 5.81.